The Kier molecular flexibility index (Phi) is 11.3. The average Bonchev–Trinajstić information content (AvgIpc) is 2.98. The number of nitrogens with one attached hydrogen (secondary N) is 1. The molecule has 1 unspecified atom stereocenters. The Morgan fingerprint density at radius 1 is 0.953 bits per heavy atom. The number of rotatable bonds is 13. The standard InChI is InChI=1S/C34H42FN3O4S/c1-26-13-11-19-30(23-26)38(43(2,41)42)22-12-21-33(39)37(25-28-16-9-10-20-31(28)35)32(24-27-14-5-3-6-15-27)34(40)36-29-17-7-4-8-18-29/h3,5-6,9-11,13-16,19-20,23,29,32H,4,7-8,12,17-18,21-22,24-25H2,1-2H3,(H,36,40). The molecule has 0 spiro atoms. The summed E-state index contributed by atoms with van der Waals surface area (Å²) in [5.41, 5.74) is 2.66. The molecule has 0 bridgehead atoms. The Balaban J connectivity index is 1.60. The van der Waals surface area contributed by atoms with Crippen molar-refractivity contribution in [1.82, 2.24) is 10.2 Å². The summed E-state index contributed by atoms with van der Waals surface area (Å²) >= 11 is 0. The van der Waals surface area contributed by atoms with Gasteiger partial charge in [0, 0.05) is 37.5 Å². The fraction of sp³-hybridized carbons (Fsp3) is 0.412. The largest absolute Gasteiger partial charge is 0.352 e. The molecule has 2 amide bonds. The molecule has 0 saturated heterocycles. The summed E-state index contributed by atoms with van der Waals surface area (Å²) in [7, 11) is -3.60. The predicted octanol–water partition coefficient (Wildman–Crippen LogP) is 5.77. The summed E-state index contributed by atoms with van der Waals surface area (Å²) in [5, 5.41) is 3.18. The van der Waals surface area contributed by atoms with E-state index in [1.54, 1.807) is 36.4 Å². The van der Waals surface area contributed by atoms with Crippen LogP contribution in [-0.2, 0) is 32.6 Å². The van der Waals surface area contributed by atoms with Crippen LogP contribution < -0.4 is 9.62 Å². The van der Waals surface area contributed by atoms with Gasteiger partial charge >= 0.3 is 0 Å². The number of halogens is 1. The zero-order valence-electron chi connectivity index (χ0n) is 25.0. The van der Waals surface area contributed by atoms with E-state index in [2.05, 4.69) is 5.32 Å². The second-order valence-corrected chi connectivity index (χ2v) is 13.3. The lowest BCUT2D eigenvalue weighted by atomic mass is 9.94. The number of sulfonamides is 1. The van der Waals surface area contributed by atoms with Crippen molar-refractivity contribution in [2.75, 3.05) is 17.1 Å². The van der Waals surface area contributed by atoms with Crippen molar-refractivity contribution in [2.45, 2.75) is 76.9 Å². The zero-order chi connectivity index (χ0) is 30.8. The molecule has 43 heavy (non-hydrogen) atoms. The summed E-state index contributed by atoms with van der Waals surface area (Å²) in [6.07, 6.45) is 6.67. The maximum absolute atomic E-state index is 14.9. The van der Waals surface area contributed by atoms with Crippen LogP contribution in [0.3, 0.4) is 0 Å². The van der Waals surface area contributed by atoms with E-state index in [0.29, 0.717) is 11.3 Å². The van der Waals surface area contributed by atoms with Crippen LogP contribution in [0.25, 0.3) is 0 Å². The third-order valence-corrected chi connectivity index (χ3v) is 9.16. The van der Waals surface area contributed by atoms with E-state index in [4.69, 9.17) is 0 Å². The highest BCUT2D eigenvalue weighted by Crippen LogP contribution is 2.23. The lowest BCUT2D eigenvalue weighted by molar-refractivity contribution is -0.141. The second kappa shape index (κ2) is 15.1. The fourth-order valence-corrected chi connectivity index (χ4v) is 6.65. The van der Waals surface area contributed by atoms with Gasteiger partial charge in [-0.05, 0) is 55.5 Å². The van der Waals surface area contributed by atoms with Gasteiger partial charge in [-0.15, -0.1) is 0 Å². The average molecular weight is 608 g/mol. The van der Waals surface area contributed by atoms with Crippen molar-refractivity contribution in [3.63, 3.8) is 0 Å². The summed E-state index contributed by atoms with van der Waals surface area (Å²) in [5.74, 6) is -1.03. The molecule has 3 aromatic rings. The number of benzene rings is 3. The first-order chi connectivity index (χ1) is 20.6. The molecule has 230 valence electrons. The van der Waals surface area contributed by atoms with Crippen LogP contribution in [0, 0.1) is 12.7 Å². The SMILES string of the molecule is Cc1cccc(N(CCCC(=O)N(Cc2ccccc2F)C(Cc2ccccc2)C(=O)NC2CCCCC2)S(C)(=O)=O)c1. The summed E-state index contributed by atoms with van der Waals surface area (Å²) in [6.45, 7) is 1.91. The van der Waals surface area contributed by atoms with Gasteiger partial charge in [0.25, 0.3) is 0 Å². The molecule has 9 heteroatoms. The smallest absolute Gasteiger partial charge is 0.243 e. The second-order valence-electron chi connectivity index (χ2n) is 11.4. The van der Waals surface area contributed by atoms with Crippen molar-refractivity contribution in [3.05, 3.63) is 101 Å². The fourth-order valence-electron chi connectivity index (χ4n) is 5.70. The molecular formula is C34H42FN3O4S. The Hall–Kier alpha value is -3.72. The normalized spacial score (nSPS) is 14.6. The minimum absolute atomic E-state index is 0.00567. The Labute approximate surface area is 255 Å². The molecule has 0 heterocycles. The molecule has 4 rings (SSSR count). The molecule has 0 aromatic heterocycles. The van der Waals surface area contributed by atoms with Crippen LogP contribution in [0.1, 0.15) is 61.6 Å². The minimum Gasteiger partial charge on any atom is -0.352 e. The highest BCUT2D eigenvalue weighted by molar-refractivity contribution is 7.92. The van der Waals surface area contributed by atoms with Gasteiger partial charge in [-0.2, -0.15) is 0 Å². The van der Waals surface area contributed by atoms with Crippen LogP contribution in [0.4, 0.5) is 10.1 Å². The van der Waals surface area contributed by atoms with E-state index >= 15 is 0 Å². The molecule has 1 aliphatic carbocycles. The zero-order valence-corrected chi connectivity index (χ0v) is 25.9. The Morgan fingerprint density at radius 3 is 2.33 bits per heavy atom. The van der Waals surface area contributed by atoms with Crippen molar-refractivity contribution >= 4 is 27.5 Å². The van der Waals surface area contributed by atoms with Gasteiger partial charge in [0.1, 0.15) is 11.9 Å². The first-order valence-corrected chi connectivity index (χ1v) is 16.9. The van der Waals surface area contributed by atoms with E-state index in [9.17, 15) is 22.4 Å². The number of anilines is 1. The third-order valence-electron chi connectivity index (χ3n) is 7.96. The van der Waals surface area contributed by atoms with Crippen LogP contribution in [0.15, 0.2) is 78.9 Å². The molecule has 1 fully saturated rings. The first kappa shape index (κ1) is 32.2. The van der Waals surface area contributed by atoms with Crippen LogP contribution in [0.5, 0.6) is 0 Å². The predicted molar refractivity (Wildman–Crippen MR) is 169 cm³/mol. The Bertz CT molecular complexity index is 1480. The van der Waals surface area contributed by atoms with Crippen molar-refractivity contribution in [2.24, 2.45) is 0 Å². The monoisotopic (exact) mass is 607 g/mol. The van der Waals surface area contributed by atoms with Gasteiger partial charge in [-0.25, -0.2) is 12.8 Å². The third kappa shape index (κ3) is 9.38. The quantitative estimate of drug-likeness (QED) is 0.267. The first-order valence-electron chi connectivity index (χ1n) is 15.0. The van der Waals surface area contributed by atoms with Crippen LogP contribution in [0.2, 0.25) is 0 Å². The van der Waals surface area contributed by atoms with Gasteiger partial charge in [0.2, 0.25) is 21.8 Å². The van der Waals surface area contributed by atoms with Gasteiger partial charge in [0.05, 0.1) is 11.9 Å². The number of hydrogen-bond donors (Lipinski definition) is 1. The molecule has 1 saturated carbocycles. The molecule has 0 aliphatic heterocycles. The highest BCUT2D eigenvalue weighted by atomic mass is 32.2. The van der Waals surface area contributed by atoms with Gasteiger partial charge < -0.3 is 10.2 Å². The number of aryl methyl sites for hydroxylation is 1. The van der Waals surface area contributed by atoms with E-state index in [1.165, 1.54) is 15.3 Å². The van der Waals surface area contributed by atoms with E-state index in [-0.39, 0.29) is 50.2 Å². The molecule has 7 nitrogen and oxygen atoms in total. The van der Waals surface area contributed by atoms with Crippen molar-refractivity contribution in [1.29, 1.82) is 0 Å². The number of amides is 2. The molecule has 1 aliphatic rings. The number of nitrogens with zero attached hydrogens (tertiary/aromatic N) is 2. The van der Waals surface area contributed by atoms with Crippen LogP contribution in [-0.4, -0.2) is 50.0 Å². The highest BCUT2D eigenvalue weighted by Gasteiger charge is 2.32. The lowest BCUT2D eigenvalue weighted by Gasteiger charge is -2.34. The number of hydrogen-bond acceptors (Lipinski definition) is 4. The molecule has 1 atom stereocenters. The van der Waals surface area contributed by atoms with Crippen LogP contribution >= 0.6 is 0 Å². The molecular weight excluding hydrogens is 565 g/mol. The van der Waals surface area contributed by atoms with E-state index in [0.717, 1.165) is 49.5 Å². The lowest BCUT2D eigenvalue weighted by Crippen LogP contribution is -2.53. The van der Waals surface area contributed by atoms with Gasteiger partial charge in [0.15, 0.2) is 0 Å². The molecule has 3 aromatic carbocycles. The van der Waals surface area contributed by atoms with Crippen molar-refractivity contribution < 1.29 is 22.4 Å². The van der Waals surface area contributed by atoms with Gasteiger partial charge in [-0.3, -0.25) is 13.9 Å². The minimum atomic E-state index is -3.60. The maximum Gasteiger partial charge on any atom is 0.243 e. The summed E-state index contributed by atoms with van der Waals surface area (Å²) < 4.78 is 41.5. The topological polar surface area (TPSA) is 86.8 Å². The van der Waals surface area contributed by atoms with Crippen molar-refractivity contribution in [3.8, 4) is 0 Å². The maximum atomic E-state index is 14.9. The van der Waals surface area contributed by atoms with E-state index in [1.807, 2.05) is 43.3 Å². The summed E-state index contributed by atoms with van der Waals surface area (Å²) in [4.78, 5) is 29.3. The van der Waals surface area contributed by atoms with Gasteiger partial charge in [-0.1, -0.05) is 79.9 Å². The summed E-state index contributed by atoms with van der Waals surface area (Å²) in [6, 6.07) is 22.2. The Morgan fingerprint density at radius 2 is 1.65 bits per heavy atom. The number of carbonyl (C=O) groups excluding carboxylic acids is 2. The molecule has 1 N–H and O–H groups in total. The molecule has 0 radical (unpaired) electrons. The number of carbonyl (C=O) groups is 2. The van der Waals surface area contributed by atoms with E-state index < -0.39 is 21.9 Å².